The van der Waals surface area contributed by atoms with Gasteiger partial charge in [0.2, 0.25) is 5.91 Å². The van der Waals surface area contributed by atoms with Gasteiger partial charge in [0, 0.05) is 5.54 Å². The van der Waals surface area contributed by atoms with E-state index in [1.54, 1.807) is 0 Å². The molecular weight excluding hydrogens is 200 g/mol. The Morgan fingerprint density at radius 2 is 2.00 bits per heavy atom. The summed E-state index contributed by atoms with van der Waals surface area (Å²) in [5.74, 6) is 0.193. The lowest BCUT2D eigenvalue weighted by molar-refractivity contribution is -0.129. The van der Waals surface area contributed by atoms with Gasteiger partial charge in [-0.2, -0.15) is 0 Å². The van der Waals surface area contributed by atoms with Crippen LogP contribution >= 0.6 is 0 Å². The summed E-state index contributed by atoms with van der Waals surface area (Å²) in [6, 6.07) is 0. The molecule has 1 saturated heterocycles. The molecule has 0 spiro atoms. The highest BCUT2D eigenvalue weighted by atomic mass is 16.2. The van der Waals surface area contributed by atoms with Gasteiger partial charge < -0.3 is 10.6 Å². The zero-order chi connectivity index (χ0) is 12.2. The predicted octanol–water partition coefficient (Wildman–Crippen LogP) is 2.21. The number of nitrogens with one attached hydrogen (secondary N) is 2. The molecule has 1 amide bonds. The van der Waals surface area contributed by atoms with Crippen LogP contribution in [0, 0.1) is 0 Å². The van der Waals surface area contributed by atoms with Gasteiger partial charge in [-0.05, 0) is 45.6 Å². The Morgan fingerprint density at radius 1 is 1.38 bits per heavy atom. The van der Waals surface area contributed by atoms with Crippen LogP contribution in [0.3, 0.4) is 0 Å². The third kappa shape index (κ3) is 2.57. The number of carbonyl (C=O) groups is 1. The molecule has 0 bridgehead atoms. The third-order valence-electron chi connectivity index (χ3n) is 4.26. The molecule has 0 aromatic rings. The van der Waals surface area contributed by atoms with Crippen LogP contribution in [0.5, 0.6) is 0 Å². The average molecular weight is 226 g/mol. The van der Waals surface area contributed by atoms with E-state index < -0.39 is 0 Å². The van der Waals surface area contributed by atoms with Crippen LogP contribution in [0.2, 0.25) is 0 Å². The molecule has 1 atom stereocenters. The zero-order valence-corrected chi connectivity index (χ0v) is 11.2. The molecule has 1 fully saturated rings. The molecule has 1 heterocycles. The van der Waals surface area contributed by atoms with E-state index in [0.29, 0.717) is 0 Å². The summed E-state index contributed by atoms with van der Waals surface area (Å²) in [5, 5.41) is 6.60. The molecule has 3 heteroatoms. The second kappa shape index (κ2) is 5.17. The maximum Gasteiger partial charge on any atom is 0.240 e. The monoisotopic (exact) mass is 226 g/mol. The largest absolute Gasteiger partial charge is 0.349 e. The standard InChI is InChI=1S/C13H26N2O/c1-5-12(4,6-2)15-11(16)13(7-3)9-8-10-14-13/h14H,5-10H2,1-4H3,(H,15,16). The molecule has 1 aliphatic rings. The highest BCUT2D eigenvalue weighted by Crippen LogP contribution is 2.25. The Labute approximate surface area is 99.4 Å². The molecule has 1 aliphatic heterocycles. The first-order valence-corrected chi connectivity index (χ1v) is 6.59. The quantitative estimate of drug-likeness (QED) is 0.754. The fraction of sp³-hybridized carbons (Fsp3) is 0.923. The van der Waals surface area contributed by atoms with Crippen molar-refractivity contribution >= 4 is 5.91 Å². The number of hydrogen-bond donors (Lipinski definition) is 2. The van der Waals surface area contributed by atoms with E-state index in [9.17, 15) is 4.79 Å². The van der Waals surface area contributed by atoms with E-state index in [0.717, 1.165) is 38.6 Å². The van der Waals surface area contributed by atoms with Crippen molar-refractivity contribution in [3.05, 3.63) is 0 Å². The fourth-order valence-corrected chi connectivity index (χ4v) is 2.28. The highest BCUT2D eigenvalue weighted by molar-refractivity contribution is 5.87. The Kier molecular flexibility index (Phi) is 4.36. The molecule has 1 rings (SSSR count). The predicted molar refractivity (Wildman–Crippen MR) is 67.4 cm³/mol. The SMILES string of the molecule is CCC(C)(CC)NC(=O)C1(CC)CCCN1. The highest BCUT2D eigenvalue weighted by Gasteiger charge is 2.41. The molecule has 2 N–H and O–H groups in total. The Hall–Kier alpha value is -0.570. The summed E-state index contributed by atoms with van der Waals surface area (Å²) >= 11 is 0. The van der Waals surface area contributed by atoms with Crippen LogP contribution in [0.4, 0.5) is 0 Å². The van der Waals surface area contributed by atoms with Crippen molar-refractivity contribution in [2.24, 2.45) is 0 Å². The van der Waals surface area contributed by atoms with Crippen molar-refractivity contribution in [1.82, 2.24) is 10.6 Å². The third-order valence-corrected chi connectivity index (χ3v) is 4.26. The second-order valence-electron chi connectivity index (χ2n) is 5.19. The summed E-state index contributed by atoms with van der Waals surface area (Å²) in [4.78, 5) is 12.4. The normalized spacial score (nSPS) is 25.8. The molecule has 0 aromatic heterocycles. The topological polar surface area (TPSA) is 41.1 Å². The second-order valence-corrected chi connectivity index (χ2v) is 5.19. The van der Waals surface area contributed by atoms with Crippen molar-refractivity contribution in [2.45, 2.75) is 70.9 Å². The Balaban J connectivity index is 2.70. The van der Waals surface area contributed by atoms with Gasteiger partial charge in [-0.15, -0.1) is 0 Å². The first-order chi connectivity index (χ1) is 7.52. The van der Waals surface area contributed by atoms with Crippen LogP contribution in [0.1, 0.15) is 59.8 Å². The van der Waals surface area contributed by atoms with Crippen molar-refractivity contribution in [3.8, 4) is 0 Å². The number of hydrogen-bond acceptors (Lipinski definition) is 2. The molecule has 0 aromatic carbocycles. The molecule has 1 unspecified atom stereocenters. The van der Waals surface area contributed by atoms with E-state index in [1.165, 1.54) is 0 Å². The minimum Gasteiger partial charge on any atom is -0.349 e. The van der Waals surface area contributed by atoms with E-state index in [2.05, 4.69) is 38.3 Å². The van der Waals surface area contributed by atoms with Gasteiger partial charge in [-0.3, -0.25) is 4.79 Å². The van der Waals surface area contributed by atoms with Crippen molar-refractivity contribution in [3.63, 3.8) is 0 Å². The first kappa shape index (κ1) is 13.5. The first-order valence-electron chi connectivity index (χ1n) is 6.59. The van der Waals surface area contributed by atoms with E-state index >= 15 is 0 Å². The number of amides is 1. The van der Waals surface area contributed by atoms with Crippen LogP contribution in [0.15, 0.2) is 0 Å². The van der Waals surface area contributed by atoms with Gasteiger partial charge in [0.25, 0.3) is 0 Å². The Bertz CT molecular complexity index is 240. The molecular formula is C13H26N2O. The summed E-state index contributed by atoms with van der Waals surface area (Å²) in [6.45, 7) is 9.45. The summed E-state index contributed by atoms with van der Waals surface area (Å²) < 4.78 is 0. The van der Waals surface area contributed by atoms with Gasteiger partial charge in [0.15, 0.2) is 0 Å². The maximum absolute atomic E-state index is 12.4. The van der Waals surface area contributed by atoms with Crippen LogP contribution in [-0.4, -0.2) is 23.5 Å². The van der Waals surface area contributed by atoms with Crippen molar-refractivity contribution in [1.29, 1.82) is 0 Å². The van der Waals surface area contributed by atoms with Crippen molar-refractivity contribution < 1.29 is 4.79 Å². The summed E-state index contributed by atoms with van der Waals surface area (Å²) in [7, 11) is 0. The molecule has 3 nitrogen and oxygen atoms in total. The van der Waals surface area contributed by atoms with E-state index in [-0.39, 0.29) is 17.0 Å². The van der Waals surface area contributed by atoms with Gasteiger partial charge in [-0.1, -0.05) is 20.8 Å². The lowest BCUT2D eigenvalue weighted by Gasteiger charge is -2.34. The fourth-order valence-electron chi connectivity index (χ4n) is 2.28. The molecule has 0 saturated carbocycles. The van der Waals surface area contributed by atoms with Crippen LogP contribution < -0.4 is 10.6 Å². The minimum atomic E-state index is -0.300. The molecule has 94 valence electrons. The number of carbonyl (C=O) groups excluding carboxylic acids is 1. The van der Waals surface area contributed by atoms with Gasteiger partial charge in [0.05, 0.1) is 5.54 Å². The molecule has 0 aliphatic carbocycles. The van der Waals surface area contributed by atoms with Crippen molar-refractivity contribution in [2.75, 3.05) is 6.54 Å². The van der Waals surface area contributed by atoms with E-state index in [1.807, 2.05) is 0 Å². The lowest BCUT2D eigenvalue weighted by atomic mass is 9.89. The molecule has 16 heavy (non-hydrogen) atoms. The Morgan fingerprint density at radius 3 is 2.38 bits per heavy atom. The average Bonchev–Trinajstić information content (AvgIpc) is 2.78. The van der Waals surface area contributed by atoms with E-state index in [4.69, 9.17) is 0 Å². The van der Waals surface area contributed by atoms with Gasteiger partial charge in [-0.25, -0.2) is 0 Å². The van der Waals surface area contributed by atoms with Crippen LogP contribution in [0.25, 0.3) is 0 Å². The van der Waals surface area contributed by atoms with Gasteiger partial charge >= 0.3 is 0 Å². The zero-order valence-electron chi connectivity index (χ0n) is 11.2. The summed E-state index contributed by atoms with van der Waals surface area (Å²) in [6.07, 6.45) is 4.92. The van der Waals surface area contributed by atoms with Gasteiger partial charge in [0.1, 0.15) is 0 Å². The minimum absolute atomic E-state index is 0.0521. The number of rotatable bonds is 5. The maximum atomic E-state index is 12.4. The lowest BCUT2D eigenvalue weighted by Crippen LogP contribution is -2.58. The smallest absolute Gasteiger partial charge is 0.240 e. The van der Waals surface area contributed by atoms with Crippen LogP contribution in [-0.2, 0) is 4.79 Å². The summed E-state index contributed by atoms with van der Waals surface area (Å²) in [5.41, 5.74) is -0.352. The molecule has 0 radical (unpaired) electrons.